The molecule has 1 aromatic heterocycles. The number of aromatic nitrogens is 2. The summed E-state index contributed by atoms with van der Waals surface area (Å²) in [6.45, 7) is 16.5. The third kappa shape index (κ3) is 6.24. The SMILES string of the molecule is Cc1cc(C2=CCN(C(=O)OC(C)(C)C)C2)cc2c1OCc1c(N3CCOCC3)ncnc1N2C(=O)OC(C)(C)C. The van der Waals surface area contributed by atoms with E-state index in [2.05, 4.69) is 14.9 Å². The fourth-order valence-corrected chi connectivity index (χ4v) is 5.04. The van der Waals surface area contributed by atoms with E-state index in [4.69, 9.17) is 18.9 Å². The van der Waals surface area contributed by atoms with E-state index in [0.29, 0.717) is 68.0 Å². The van der Waals surface area contributed by atoms with Crippen molar-refractivity contribution in [3.05, 3.63) is 41.2 Å². The van der Waals surface area contributed by atoms with E-state index < -0.39 is 17.3 Å². The molecule has 3 aliphatic heterocycles. The molecule has 0 aliphatic carbocycles. The highest BCUT2D eigenvalue weighted by Crippen LogP contribution is 2.45. The van der Waals surface area contributed by atoms with Crippen molar-refractivity contribution in [3.63, 3.8) is 0 Å². The van der Waals surface area contributed by atoms with Crippen LogP contribution in [0.3, 0.4) is 0 Å². The molecule has 4 heterocycles. The predicted octanol–water partition coefficient (Wildman–Crippen LogP) is 5.22. The van der Waals surface area contributed by atoms with Crippen LogP contribution in [0, 0.1) is 6.92 Å². The standard InChI is InChI=1S/C30H39N5O6/c1-19-14-21(20-8-9-34(16-20)27(36)40-29(2,3)4)15-23-24(19)39-17-22-25(33-10-12-38-13-11-33)31-18-32-26(22)35(23)28(37)41-30(5,6)7/h8,14-15,18H,9-13,16-17H2,1-7H3. The van der Waals surface area contributed by atoms with E-state index >= 15 is 0 Å². The highest BCUT2D eigenvalue weighted by Gasteiger charge is 2.36. The molecule has 2 amide bonds. The van der Waals surface area contributed by atoms with Crippen LogP contribution in [0.2, 0.25) is 0 Å². The Morgan fingerprint density at radius 1 is 0.927 bits per heavy atom. The number of fused-ring (bicyclic) bond motifs is 2. The van der Waals surface area contributed by atoms with Crippen LogP contribution in [0.4, 0.5) is 26.9 Å². The van der Waals surface area contributed by atoms with Gasteiger partial charge < -0.3 is 28.7 Å². The molecule has 1 aromatic carbocycles. The first kappa shape index (κ1) is 28.7. The van der Waals surface area contributed by atoms with E-state index in [1.807, 2.05) is 66.7 Å². The summed E-state index contributed by atoms with van der Waals surface area (Å²) in [6, 6.07) is 3.92. The highest BCUT2D eigenvalue weighted by atomic mass is 16.6. The zero-order valence-electron chi connectivity index (χ0n) is 24.9. The lowest BCUT2D eigenvalue weighted by Gasteiger charge is -2.31. The van der Waals surface area contributed by atoms with Gasteiger partial charge in [-0.2, -0.15) is 0 Å². The summed E-state index contributed by atoms with van der Waals surface area (Å²) in [7, 11) is 0. The number of anilines is 3. The first-order valence-electron chi connectivity index (χ1n) is 14.0. The van der Waals surface area contributed by atoms with Gasteiger partial charge in [0.2, 0.25) is 0 Å². The molecule has 0 N–H and O–H groups in total. The van der Waals surface area contributed by atoms with Gasteiger partial charge in [-0.05, 0) is 77.3 Å². The highest BCUT2D eigenvalue weighted by molar-refractivity contribution is 5.99. The van der Waals surface area contributed by atoms with Gasteiger partial charge in [-0.3, -0.25) is 0 Å². The molecule has 0 saturated carbocycles. The van der Waals surface area contributed by atoms with Crippen molar-refractivity contribution < 1.29 is 28.5 Å². The van der Waals surface area contributed by atoms with Crippen LogP contribution in [-0.4, -0.2) is 77.6 Å². The largest absolute Gasteiger partial charge is 0.486 e. The molecule has 0 unspecified atom stereocenters. The molecule has 5 rings (SSSR count). The minimum Gasteiger partial charge on any atom is -0.486 e. The van der Waals surface area contributed by atoms with E-state index in [-0.39, 0.29) is 12.7 Å². The number of benzene rings is 1. The topological polar surface area (TPSA) is 107 Å². The molecule has 0 bridgehead atoms. The number of rotatable bonds is 2. The average Bonchev–Trinajstić information content (AvgIpc) is 3.31. The second kappa shape index (κ2) is 10.8. The van der Waals surface area contributed by atoms with Crippen molar-refractivity contribution in [2.75, 3.05) is 49.2 Å². The van der Waals surface area contributed by atoms with Crippen LogP contribution in [0.5, 0.6) is 5.75 Å². The Hall–Kier alpha value is -3.86. The summed E-state index contributed by atoms with van der Waals surface area (Å²) >= 11 is 0. The summed E-state index contributed by atoms with van der Waals surface area (Å²) in [5.74, 6) is 1.69. The molecule has 11 heteroatoms. The predicted molar refractivity (Wildman–Crippen MR) is 155 cm³/mol. The van der Waals surface area contributed by atoms with Gasteiger partial charge >= 0.3 is 12.2 Å². The van der Waals surface area contributed by atoms with Crippen LogP contribution in [-0.2, 0) is 20.8 Å². The molecule has 41 heavy (non-hydrogen) atoms. The minimum absolute atomic E-state index is 0.185. The molecule has 0 spiro atoms. The Labute approximate surface area is 241 Å². The second-order valence-electron chi connectivity index (χ2n) is 12.4. The molecule has 2 aromatic rings. The fourth-order valence-electron chi connectivity index (χ4n) is 5.04. The van der Waals surface area contributed by atoms with Gasteiger partial charge in [-0.15, -0.1) is 0 Å². The first-order valence-corrected chi connectivity index (χ1v) is 14.0. The number of ether oxygens (including phenoxy) is 4. The molecule has 11 nitrogen and oxygen atoms in total. The molecular weight excluding hydrogens is 526 g/mol. The van der Waals surface area contributed by atoms with Crippen LogP contribution in [0.15, 0.2) is 24.5 Å². The summed E-state index contributed by atoms with van der Waals surface area (Å²) in [6.07, 6.45) is 2.55. The first-order chi connectivity index (χ1) is 19.3. The Bertz CT molecular complexity index is 1370. The maximum atomic E-state index is 13.9. The lowest BCUT2D eigenvalue weighted by molar-refractivity contribution is 0.0306. The number of hydrogen-bond acceptors (Lipinski definition) is 9. The van der Waals surface area contributed by atoms with Crippen molar-refractivity contribution >= 4 is 35.1 Å². The molecule has 1 saturated heterocycles. The summed E-state index contributed by atoms with van der Waals surface area (Å²) < 4.78 is 23.4. The molecule has 1 fully saturated rings. The lowest BCUT2D eigenvalue weighted by atomic mass is 10.0. The van der Waals surface area contributed by atoms with Crippen LogP contribution < -0.4 is 14.5 Å². The number of amides is 2. The number of carbonyl (C=O) groups is 2. The quantitative estimate of drug-likeness (QED) is 0.484. The Morgan fingerprint density at radius 2 is 1.59 bits per heavy atom. The normalized spacial score (nSPS) is 17.2. The van der Waals surface area contributed by atoms with E-state index in [1.165, 1.54) is 11.2 Å². The summed E-state index contributed by atoms with van der Waals surface area (Å²) in [5, 5.41) is 0. The van der Waals surface area contributed by atoms with E-state index in [9.17, 15) is 9.59 Å². The minimum atomic E-state index is -0.737. The zero-order chi connectivity index (χ0) is 29.5. The van der Waals surface area contributed by atoms with Crippen molar-refractivity contribution in [2.24, 2.45) is 0 Å². The monoisotopic (exact) mass is 565 g/mol. The third-order valence-corrected chi connectivity index (χ3v) is 6.80. The Kier molecular flexibility index (Phi) is 7.58. The second-order valence-corrected chi connectivity index (χ2v) is 12.4. The Balaban J connectivity index is 1.56. The number of morpholine rings is 1. The molecular formula is C30H39N5O6. The fraction of sp³-hybridized carbons (Fsp3) is 0.533. The van der Waals surface area contributed by atoms with Crippen LogP contribution >= 0.6 is 0 Å². The number of hydrogen-bond donors (Lipinski definition) is 0. The third-order valence-electron chi connectivity index (χ3n) is 6.80. The number of carbonyl (C=O) groups excluding carboxylic acids is 2. The number of nitrogens with zero attached hydrogens (tertiary/aromatic N) is 5. The van der Waals surface area contributed by atoms with Crippen molar-refractivity contribution in [1.29, 1.82) is 0 Å². The van der Waals surface area contributed by atoms with Crippen LogP contribution in [0.1, 0.15) is 58.2 Å². The van der Waals surface area contributed by atoms with E-state index in [0.717, 1.165) is 16.7 Å². The van der Waals surface area contributed by atoms with Crippen molar-refractivity contribution in [3.8, 4) is 5.75 Å². The lowest BCUT2D eigenvalue weighted by Crippen LogP contribution is -2.38. The van der Waals surface area contributed by atoms with Crippen molar-refractivity contribution in [2.45, 2.75) is 66.3 Å². The van der Waals surface area contributed by atoms with Crippen molar-refractivity contribution in [1.82, 2.24) is 14.9 Å². The summed E-state index contributed by atoms with van der Waals surface area (Å²) in [4.78, 5) is 41.0. The number of aryl methyl sites for hydroxylation is 1. The molecule has 3 aliphatic rings. The van der Waals surface area contributed by atoms with Gasteiger partial charge in [0.15, 0.2) is 5.82 Å². The van der Waals surface area contributed by atoms with Gasteiger partial charge in [0.1, 0.15) is 35.7 Å². The zero-order valence-corrected chi connectivity index (χ0v) is 24.9. The van der Waals surface area contributed by atoms with Crippen LogP contribution in [0.25, 0.3) is 5.57 Å². The van der Waals surface area contributed by atoms with Gasteiger partial charge in [0, 0.05) is 26.2 Å². The molecule has 0 radical (unpaired) electrons. The van der Waals surface area contributed by atoms with Gasteiger partial charge in [-0.1, -0.05) is 6.08 Å². The maximum absolute atomic E-state index is 13.9. The summed E-state index contributed by atoms with van der Waals surface area (Å²) in [5.41, 5.74) is 2.57. The van der Waals surface area contributed by atoms with Gasteiger partial charge in [0.25, 0.3) is 0 Å². The smallest absolute Gasteiger partial charge is 0.420 e. The maximum Gasteiger partial charge on any atom is 0.420 e. The molecule has 0 atom stereocenters. The molecule has 220 valence electrons. The average molecular weight is 566 g/mol. The van der Waals surface area contributed by atoms with Gasteiger partial charge in [-0.25, -0.2) is 24.5 Å². The van der Waals surface area contributed by atoms with Gasteiger partial charge in [0.05, 0.1) is 24.5 Å². The Morgan fingerprint density at radius 3 is 2.27 bits per heavy atom. The van der Waals surface area contributed by atoms with E-state index in [1.54, 1.807) is 4.90 Å².